The van der Waals surface area contributed by atoms with Crippen molar-refractivity contribution < 1.29 is 0 Å². The SMILES string of the molecule is CC1CN=C(c2c(Cl)cncc2Cl)N1. The number of amidine groups is 1. The van der Waals surface area contributed by atoms with E-state index in [1.165, 1.54) is 0 Å². The maximum atomic E-state index is 5.99. The first-order valence-corrected chi connectivity index (χ1v) is 5.04. The van der Waals surface area contributed by atoms with Crippen LogP contribution in [-0.2, 0) is 0 Å². The number of hydrogen-bond donors (Lipinski definition) is 1. The summed E-state index contributed by atoms with van der Waals surface area (Å²) in [6.45, 7) is 2.81. The standard InChI is InChI=1S/C9H9Cl2N3/c1-5-2-13-9(14-5)8-6(10)3-12-4-7(8)11/h3-5H,2H2,1H3,(H,13,14). The number of hydrogen-bond acceptors (Lipinski definition) is 3. The lowest BCUT2D eigenvalue weighted by Crippen LogP contribution is -2.28. The fraction of sp³-hybridized carbons (Fsp3) is 0.333. The van der Waals surface area contributed by atoms with E-state index in [0.717, 1.165) is 17.9 Å². The lowest BCUT2D eigenvalue weighted by Gasteiger charge is -2.08. The third-order valence-electron chi connectivity index (χ3n) is 2.00. The summed E-state index contributed by atoms with van der Waals surface area (Å²) in [4.78, 5) is 8.21. The van der Waals surface area contributed by atoms with Crippen molar-refractivity contribution in [2.75, 3.05) is 6.54 Å². The van der Waals surface area contributed by atoms with Gasteiger partial charge in [0, 0.05) is 18.4 Å². The Labute approximate surface area is 92.2 Å². The van der Waals surface area contributed by atoms with Crippen LogP contribution in [0.5, 0.6) is 0 Å². The Morgan fingerprint density at radius 1 is 1.36 bits per heavy atom. The molecule has 5 heteroatoms. The second-order valence-electron chi connectivity index (χ2n) is 3.21. The third-order valence-corrected chi connectivity index (χ3v) is 2.57. The van der Waals surface area contributed by atoms with Crippen LogP contribution in [0.3, 0.4) is 0 Å². The van der Waals surface area contributed by atoms with Gasteiger partial charge >= 0.3 is 0 Å². The van der Waals surface area contributed by atoms with Gasteiger partial charge in [0.2, 0.25) is 0 Å². The first-order valence-electron chi connectivity index (χ1n) is 4.29. The molecule has 0 saturated carbocycles. The van der Waals surface area contributed by atoms with Crippen LogP contribution in [-0.4, -0.2) is 23.4 Å². The minimum absolute atomic E-state index is 0.338. The average Bonchev–Trinajstić information content (AvgIpc) is 2.51. The third kappa shape index (κ3) is 1.70. The van der Waals surface area contributed by atoms with Gasteiger partial charge in [0.05, 0.1) is 22.2 Å². The Morgan fingerprint density at radius 3 is 2.50 bits per heavy atom. The predicted molar refractivity (Wildman–Crippen MR) is 58.3 cm³/mol. The molecule has 0 fully saturated rings. The van der Waals surface area contributed by atoms with E-state index < -0.39 is 0 Å². The van der Waals surface area contributed by atoms with Crippen LogP contribution in [0.25, 0.3) is 0 Å². The Hall–Kier alpha value is -0.800. The molecule has 3 nitrogen and oxygen atoms in total. The van der Waals surface area contributed by atoms with E-state index in [9.17, 15) is 0 Å². The van der Waals surface area contributed by atoms with Crippen molar-refractivity contribution in [1.29, 1.82) is 0 Å². The monoisotopic (exact) mass is 229 g/mol. The van der Waals surface area contributed by atoms with Gasteiger partial charge in [0.15, 0.2) is 0 Å². The molecule has 1 atom stereocenters. The first-order chi connectivity index (χ1) is 6.68. The number of aliphatic imine (C=N–C) groups is 1. The molecule has 0 aliphatic carbocycles. The number of rotatable bonds is 1. The molecule has 0 radical (unpaired) electrons. The zero-order chi connectivity index (χ0) is 10.1. The highest BCUT2D eigenvalue weighted by Gasteiger charge is 2.19. The molecule has 14 heavy (non-hydrogen) atoms. The van der Waals surface area contributed by atoms with E-state index in [1.807, 2.05) is 0 Å². The van der Waals surface area contributed by atoms with E-state index >= 15 is 0 Å². The Bertz CT molecular complexity index is 369. The van der Waals surface area contributed by atoms with Crippen molar-refractivity contribution in [3.8, 4) is 0 Å². The molecule has 74 valence electrons. The smallest absolute Gasteiger partial charge is 0.131 e. The molecule has 0 saturated heterocycles. The Kier molecular flexibility index (Phi) is 2.61. The van der Waals surface area contributed by atoms with E-state index in [-0.39, 0.29) is 0 Å². The van der Waals surface area contributed by atoms with Gasteiger partial charge in [-0.3, -0.25) is 9.98 Å². The molecule has 1 unspecified atom stereocenters. The van der Waals surface area contributed by atoms with Crippen LogP contribution in [0.4, 0.5) is 0 Å². The van der Waals surface area contributed by atoms with Gasteiger partial charge in [-0.25, -0.2) is 0 Å². The average molecular weight is 230 g/mol. The highest BCUT2D eigenvalue weighted by atomic mass is 35.5. The first kappa shape index (κ1) is 9.74. The number of pyridine rings is 1. The molecular formula is C9H9Cl2N3. The van der Waals surface area contributed by atoms with E-state index in [2.05, 4.69) is 22.2 Å². The summed E-state index contributed by atoms with van der Waals surface area (Å²) in [7, 11) is 0. The van der Waals surface area contributed by atoms with Crippen LogP contribution in [0, 0.1) is 0 Å². The second-order valence-corrected chi connectivity index (χ2v) is 4.03. The molecule has 1 aliphatic heterocycles. The minimum atomic E-state index is 0.338. The summed E-state index contributed by atoms with van der Waals surface area (Å²) in [5, 5.41) is 4.26. The predicted octanol–water partition coefficient (Wildman–Crippen LogP) is 2.13. The molecule has 1 aromatic heterocycles. The maximum absolute atomic E-state index is 5.99. The van der Waals surface area contributed by atoms with Crippen LogP contribution in [0.15, 0.2) is 17.4 Å². The fourth-order valence-electron chi connectivity index (χ4n) is 1.34. The summed E-state index contributed by atoms with van der Waals surface area (Å²) < 4.78 is 0. The van der Waals surface area contributed by atoms with E-state index in [1.54, 1.807) is 12.4 Å². The molecule has 1 aromatic rings. The van der Waals surface area contributed by atoms with Gasteiger partial charge in [-0.1, -0.05) is 23.2 Å². The quantitative estimate of drug-likeness (QED) is 0.802. The van der Waals surface area contributed by atoms with Gasteiger partial charge in [-0.15, -0.1) is 0 Å². The second kappa shape index (κ2) is 3.75. The Morgan fingerprint density at radius 2 is 2.00 bits per heavy atom. The van der Waals surface area contributed by atoms with Crippen molar-refractivity contribution >= 4 is 29.0 Å². The molecular weight excluding hydrogens is 221 g/mol. The summed E-state index contributed by atoms with van der Waals surface area (Å²) in [6, 6.07) is 0.338. The molecule has 1 N–H and O–H groups in total. The molecule has 0 spiro atoms. The van der Waals surface area contributed by atoms with Gasteiger partial charge in [-0.2, -0.15) is 0 Å². The highest BCUT2D eigenvalue weighted by molar-refractivity contribution is 6.39. The van der Waals surface area contributed by atoms with Crippen LogP contribution >= 0.6 is 23.2 Å². The summed E-state index contributed by atoms with van der Waals surface area (Å²) in [5.74, 6) is 0.759. The van der Waals surface area contributed by atoms with Gasteiger partial charge in [0.1, 0.15) is 5.84 Å². The number of aromatic nitrogens is 1. The lowest BCUT2D eigenvalue weighted by molar-refractivity contribution is 0.726. The molecule has 0 bridgehead atoms. The zero-order valence-electron chi connectivity index (χ0n) is 7.59. The molecule has 2 rings (SSSR count). The van der Waals surface area contributed by atoms with E-state index in [4.69, 9.17) is 23.2 Å². The van der Waals surface area contributed by atoms with Crippen LogP contribution in [0.1, 0.15) is 12.5 Å². The molecule has 0 aromatic carbocycles. The molecule has 0 amide bonds. The molecule has 2 heterocycles. The van der Waals surface area contributed by atoms with Gasteiger partial charge < -0.3 is 5.32 Å². The summed E-state index contributed by atoms with van der Waals surface area (Å²) >= 11 is 12.0. The fourth-order valence-corrected chi connectivity index (χ4v) is 1.89. The van der Waals surface area contributed by atoms with Gasteiger partial charge in [0.25, 0.3) is 0 Å². The minimum Gasteiger partial charge on any atom is -0.365 e. The van der Waals surface area contributed by atoms with Crippen molar-refractivity contribution in [3.63, 3.8) is 0 Å². The molecule has 1 aliphatic rings. The maximum Gasteiger partial charge on any atom is 0.131 e. The van der Waals surface area contributed by atoms with Crippen LogP contribution in [0.2, 0.25) is 10.0 Å². The van der Waals surface area contributed by atoms with Crippen molar-refractivity contribution in [2.45, 2.75) is 13.0 Å². The summed E-state index contributed by atoms with van der Waals surface area (Å²) in [6.07, 6.45) is 3.13. The zero-order valence-corrected chi connectivity index (χ0v) is 9.10. The topological polar surface area (TPSA) is 37.3 Å². The van der Waals surface area contributed by atoms with Crippen molar-refractivity contribution in [2.24, 2.45) is 4.99 Å². The number of nitrogens with one attached hydrogen (secondary N) is 1. The summed E-state index contributed by atoms with van der Waals surface area (Å²) in [5.41, 5.74) is 0.743. The normalized spacial score (nSPS) is 20.5. The van der Waals surface area contributed by atoms with Gasteiger partial charge in [-0.05, 0) is 6.92 Å². The van der Waals surface area contributed by atoms with E-state index in [0.29, 0.717) is 16.1 Å². The number of halogens is 2. The van der Waals surface area contributed by atoms with Crippen molar-refractivity contribution in [3.05, 3.63) is 28.0 Å². The van der Waals surface area contributed by atoms with Crippen molar-refractivity contribution in [1.82, 2.24) is 10.3 Å². The number of nitrogens with zero attached hydrogens (tertiary/aromatic N) is 2. The largest absolute Gasteiger partial charge is 0.365 e. The Balaban J connectivity index is 2.42. The lowest BCUT2D eigenvalue weighted by atomic mass is 10.2. The van der Waals surface area contributed by atoms with Crippen LogP contribution < -0.4 is 5.32 Å². The highest BCUT2D eigenvalue weighted by Crippen LogP contribution is 2.24.